The lowest BCUT2D eigenvalue weighted by Crippen LogP contribution is -2.51. The summed E-state index contributed by atoms with van der Waals surface area (Å²) in [5, 5.41) is 8.66. The van der Waals surface area contributed by atoms with Gasteiger partial charge >= 0.3 is 0 Å². The molecule has 5 fully saturated rings. The van der Waals surface area contributed by atoms with Gasteiger partial charge in [-0.05, 0) is 76.2 Å². The molecule has 5 saturated heterocycles. The molecule has 0 spiro atoms. The first-order valence-electron chi connectivity index (χ1n) is 21.0. The average Bonchev–Trinajstić information content (AvgIpc) is 3.15. The molecule has 0 radical (unpaired) electrons. The van der Waals surface area contributed by atoms with Crippen LogP contribution in [0.2, 0.25) is 0 Å². The van der Waals surface area contributed by atoms with Crippen molar-refractivity contribution in [2.45, 2.75) is 112 Å². The Balaban J connectivity index is 0.000000352. The number of sulfone groups is 1. The number of hydrogen-bond acceptors (Lipinski definition) is 13. The molecule has 5 heterocycles. The molecule has 5 aliphatic heterocycles. The van der Waals surface area contributed by atoms with E-state index in [0.717, 1.165) is 85.3 Å². The Morgan fingerprint density at radius 3 is 1.34 bits per heavy atom. The first kappa shape index (κ1) is 53.0. The number of nitrogens with zero attached hydrogens (tertiary/aromatic N) is 7. The first-order valence-corrected chi connectivity index (χ1v) is 24.7. The van der Waals surface area contributed by atoms with Crippen molar-refractivity contribution < 1.29 is 36.2 Å². The van der Waals surface area contributed by atoms with Gasteiger partial charge in [0.2, 0.25) is 15.9 Å². The van der Waals surface area contributed by atoms with Crippen molar-refractivity contribution in [3.05, 3.63) is 0 Å². The van der Waals surface area contributed by atoms with Crippen LogP contribution in [0.5, 0.6) is 0 Å². The Kier molecular flexibility index (Phi) is 25.5. The second-order valence-electron chi connectivity index (χ2n) is 16.7. The van der Waals surface area contributed by atoms with E-state index in [4.69, 9.17) is 14.6 Å². The third kappa shape index (κ3) is 21.3. The smallest absolute Gasteiger partial charge is 0.248 e. The SMILES string of the molecule is CC(C)N1CCN(C(=O)CO)CC1.CC(C)N1CCN(S(C)(=O)=O)CC1.CC(C)N1CCOCC1.CC(C)N1CCOC[C@H]1C.CC(C)N1CCS(=O)(=O)CC1. The maximum absolute atomic E-state index is 11.2. The van der Waals surface area contributed by atoms with Gasteiger partial charge in [-0.15, -0.1) is 0 Å². The Morgan fingerprint density at radius 1 is 0.607 bits per heavy atom. The zero-order chi connectivity index (χ0) is 42.6. The number of ether oxygens (including phenoxy) is 2. The van der Waals surface area contributed by atoms with Gasteiger partial charge in [0, 0.05) is 121 Å². The van der Waals surface area contributed by atoms with Gasteiger partial charge in [0.25, 0.3) is 0 Å². The second-order valence-corrected chi connectivity index (χ2v) is 21.0. The molecule has 1 atom stereocenters. The van der Waals surface area contributed by atoms with Crippen molar-refractivity contribution in [3.63, 3.8) is 0 Å². The summed E-state index contributed by atoms with van der Waals surface area (Å²) < 4.78 is 56.4. The molecule has 0 aromatic heterocycles. The third-order valence-corrected chi connectivity index (χ3v) is 13.9. The minimum atomic E-state index is -2.97. The number of morpholine rings is 2. The van der Waals surface area contributed by atoms with Crippen LogP contribution in [0, 0.1) is 0 Å². The summed E-state index contributed by atoms with van der Waals surface area (Å²) in [6.45, 7) is 38.2. The summed E-state index contributed by atoms with van der Waals surface area (Å²) in [5.41, 5.74) is 0. The van der Waals surface area contributed by atoms with Gasteiger partial charge in [0.05, 0.1) is 44.2 Å². The molecule has 1 N–H and O–H groups in total. The quantitative estimate of drug-likeness (QED) is 0.396. The minimum absolute atomic E-state index is 0.150. The summed E-state index contributed by atoms with van der Waals surface area (Å²) in [5.74, 6) is 0.527. The number of rotatable bonds is 7. The van der Waals surface area contributed by atoms with Gasteiger partial charge in [-0.3, -0.25) is 29.3 Å². The van der Waals surface area contributed by atoms with Gasteiger partial charge in [0.1, 0.15) is 6.61 Å². The van der Waals surface area contributed by atoms with E-state index in [9.17, 15) is 21.6 Å². The molecule has 0 bridgehead atoms. The molecule has 0 saturated carbocycles. The van der Waals surface area contributed by atoms with E-state index in [1.165, 1.54) is 6.26 Å². The van der Waals surface area contributed by atoms with Crippen molar-refractivity contribution >= 4 is 25.8 Å². The van der Waals surface area contributed by atoms with Crippen LogP contribution in [0.4, 0.5) is 0 Å². The predicted octanol–water partition coefficient (Wildman–Crippen LogP) is 1.47. The van der Waals surface area contributed by atoms with E-state index in [1.807, 2.05) is 0 Å². The highest BCUT2D eigenvalue weighted by Crippen LogP contribution is 2.11. The number of carbonyl (C=O) groups excluding carboxylic acids is 1. The van der Waals surface area contributed by atoms with Gasteiger partial charge in [-0.1, -0.05) is 0 Å². The molecule has 0 aromatic carbocycles. The number of amides is 1. The number of aliphatic hydroxyl groups is 1. The molecule has 5 rings (SSSR count). The highest BCUT2D eigenvalue weighted by Gasteiger charge is 2.25. The van der Waals surface area contributed by atoms with Crippen molar-refractivity contribution in [1.82, 2.24) is 33.7 Å². The summed E-state index contributed by atoms with van der Waals surface area (Å²) in [6.07, 6.45) is 1.28. The lowest BCUT2D eigenvalue weighted by Gasteiger charge is -2.36. The molecule has 15 nitrogen and oxygen atoms in total. The van der Waals surface area contributed by atoms with E-state index < -0.39 is 19.9 Å². The Labute approximate surface area is 342 Å². The molecule has 0 aliphatic carbocycles. The van der Waals surface area contributed by atoms with E-state index >= 15 is 0 Å². The normalized spacial score (nSPS) is 23.8. The van der Waals surface area contributed by atoms with Crippen LogP contribution in [0.3, 0.4) is 0 Å². The molecule has 56 heavy (non-hydrogen) atoms. The maximum Gasteiger partial charge on any atom is 0.248 e. The highest BCUT2D eigenvalue weighted by molar-refractivity contribution is 7.91. The molecule has 0 aromatic rings. The van der Waals surface area contributed by atoms with E-state index in [-0.39, 0.29) is 12.5 Å². The monoisotopic (exact) mass is 842 g/mol. The van der Waals surface area contributed by atoms with Crippen molar-refractivity contribution in [3.8, 4) is 0 Å². The molecule has 5 aliphatic rings. The molecule has 17 heteroatoms. The summed E-state index contributed by atoms with van der Waals surface area (Å²) in [7, 11) is -5.66. The predicted molar refractivity (Wildman–Crippen MR) is 229 cm³/mol. The Morgan fingerprint density at radius 2 is 1.00 bits per heavy atom. The fourth-order valence-electron chi connectivity index (χ4n) is 6.98. The lowest BCUT2D eigenvalue weighted by molar-refractivity contribution is -0.136. The van der Waals surface area contributed by atoms with E-state index in [1.54, 1.807) is 9.21 Å². The number of carbonyl (C=O) groups is 1. The maximum atomic E-state index is 11.2. The largest absolute Gasteiger partial charge is 0.387 e. The van der Waals surface area contributed by atoms with Gasteiger partial charge in [-0.2, -0.15) is 4.31 Å². The number of sulfonamides is 1. The Hall–Kier alpha value is -0.990. The molecule has 0 unspecified atom stereocenters. The Bertz CT molecular complexity index is 1250. The fraction of sp³-hybridized carbons (Fsp3) is 0.974. The van der Waals surface area contributed by atoms with Crippen molar-refractivity contribution in [2.24, 2.45) is 0 Å². The topological polar surface area (TPSA) is 147 Å². The second kappa shape index (κ2) is 27.0. The van der Waals surface area contributed by atoms with Crippen LogP contribution in [0.15, 0.2) is 0 Å². The van der Waals surface area contributed by atoms with Gasteiger partial charge in [-0.25, -0.2) is 16.8 Å². The zero-order valence-corrected chi connectivity index (χ0v) is 39.0. The average molecular weight is 842 g/mol. The highest BCUT2D eigenvalue weighted by atomic mass is 32.2. The van der Waals surface area contributed by atoms with E-state index in [0.29, 0.717) is 73.9 Å². The summed E-state index contributed by atoms with van der Waals surface area (Å²) in [6, 6.07) is 3.50. The standard InChI is InChI=1S/C9H18N2O2.C8H18N2O2S.C8H17NO.C7H15NO2S.C7H15NO/c1-8(2)10-3-5-11(6-4-10)9(13)7-12;1-8(2)9-4-6-10(7-5-9)13(3,11)12;1-7(2)9-4-5-10-6-8(9)3;1-7(2)8-3-5-11(9,10)6-4-8;1-7(2)8-3-5-9-6-4-8/h8,12H,3-7H2,1-2H3;8H,4-7H2,1-3H3;7-8H,4-6H2,1-3H3;7H,3-6H2,1-2H3;7H,3-6H2,1-2H3/t;;8-;;/m..1../s1. The third-order valence-electron chi connectivity index (χ3n) is 11.0. The van der Waals surface area contributed by atoms with Gasteiger partial charge in [0.15, 0.2) is 9.84 Å². The van der Waals surface area contributed by atoms with Crippen molar-refractivity contribution in [2.75, 3.05) is 136 Å². The fourth-order valence-corrected chi connectivity index (χ4v) is 9.04. The van der Waals surface area contributed by atoms with Crippen LogP contribution >= 0.6 is 0 Å². The van der Waals surface area contributed by atoms with Crippen LogP contribution in [-0.2, 0) is 34.1 Å². The molecule has 334 valence electrons. The number of aliphatic hydroxyl groups excluding tert-OH is 1. The summed E-state index contributed by atoms with van der Waals surface area (Å²) >= 11 is 0. The molecule has 1 amide bonds. The minimum Gasteiger partial charge on any atom is -0.387 e. The van der Waals surface area contributed by atoms with Gasteiger partial charge < -0.3 is 19.5 Å². The van der Waals surface area contributed by atoms with Crippen molar-refractivity contribution in [1.29, 1.82) is 0 Å². The van der Waals surface area contributed by atoms with Crippen LogP contribution in [-0.4, -0.2) is 234 Å². The summed E-state index contributed by atoms with van der Waals surface area (Å²) in [4.78, 5) is 24.6. The lowest BCUT2D eigenvalue weighted by atomic mass is 10.2. The number of hydrogen-bond donors (Lipinski definition) is 1. The molecular formula is C39H83N7O8S2. The van der Waals surface area contributed by atoms with Crippen LogP contribution in [0.1, 0.15) is 76.2 Å². The zero-order valence-electron chi connectivity index (χ0n) is 37.4. The number of piperazine rings is 2. The van der Waals surface area contributed by atoms with Crippen LogP contribution < -0.4 is 0 Å². The molecular weight excluding hydrogens is 759 g/mol. The first-order chi connectivity index (χ1) is 26.1. The van der Waals surface area contributed by atoms with Crippen LogP contribution in [0.25, 0.3) is 0 Å². The van der Waals surface area contributed by atoms with E-state index in [2.05, 4.69) is 101 Å².